The van der Waals surface area contributed by atoms with Crippen molar-refractivity contribution in [1.29, 1.82) is 0 Å². The molecule has 2 nitrogen and oxygen atoms in total. The number of hydrogen-bond donors (Lipinski definition) is 1. The molecule has 2 heteroatoms. The van der Waals surface area contributed by atoms with Crippen LogP contribution in [-0.4, -0.2) is 9.55 Å². The molecule has 1 N–H and O–H groups in total. The summed E-state index contributed by atoms with van der Waals surface area (Å²) in [5.41, 5.74) is 4.84. The average Bonchev–Trinajstić information content (AvgIpc) is 3.30. The first-order chi connectivity index (χ1) is 12.9. The molecule has 0 radical (unpaired) electrons. The summed E-state index contributed by atoms with van der Waals surface area (Å²) in [6, 6.07) is 30.2. The zero-order valence-electron chi connectivity index (χ0n) is 14.1. The van der Waals surface area contributed by atoms with Gasteiger partial charge < -0.3 is 9.55 Å². The summed E-state index contributed by atoms with van der Waals surface area (Å²) in [5.74, 6) is 0. The third-order valence-electron chi connectivity index (χ3n) is 5.38. The molecule has 0 amide bonds. The van der Waals surface area contributed by atoms with Gasteiger partial charge >= 0.3 is 0 Å². The Morgan fingerprint density at radius 3 is 2.15 bits per heavy atom. The summed E-state index contributed by atoms with van der Waals surface area (Å²) in [6.07, 6.45) is 2.16. The second kappa shape index (κ2) is 4.99. The molecule has 0 unspecified atom stereocenters. The van der Waals surface area contributed by atoms with E-state index in [-0.39, 0.29) is 0 Å². The SMILES string of the molecule is c1ccc(-n2ccc3c4[nH]c5c6ccccc6ccc5c4ccc32)cc1. The van der Waals surface area contributed by atoms with Crippen LogP contribution in [0.15, 0.2) is 91.1 Å². The molecule has 0 aliphatic heterocycles. The van der Waals surface area contributed by atoms with Gasteiger partial charge in [0.15, 0.2) is 0 Å². The lowest BCUT2D eigenvalue weighted by Crippen LogP contribution is -1.90. The molecule has 6 aromatic rings. The zero-order chi connectivity index (χ0) is 17.1. The van der Waals surface area contributed by atoms with E-state index in [1.807, 2.05) is 0 Å². The summed E-state index contributed by atoms with van der Waals surface area (Å²) in [4.78, 5) is 3.72. The highest BCUT2D eigenvalue weighted by atomic mass is 15.0. The Balaban J connectivity index is 1.74. The number of aromatic nitrogens is 2. The maximum absolute atomic E-state index is 3.72. The first kappa shape index (κ1) is 13.7. The van der Waals surface area contributed by atoms with Crippen molar-refractivity contribution < 1.29 is 0 Å². The minimum absolute atomic E-state index is 1.18. The highest BCUT2D eigenvalue weighted by Gasteiger charge is 2.12. The molecule has 0 fully saturated rings. The quantitative estimate of drug-likeness (QED) is 0.359. The third-order valence-corrected chi connectivity index (χ3v) is 5.38. The first-order valence-electron chi connectivity index (χ1n) is 8.89. The van der Waals surface area contributed by atoms with Crippen LogP contribution in [0.5, 0.6) is 0 Å². The number of H-pyrrole nitrogens is 1. The zero-order valence-corrected chi connectivity index (χ0v) is 14.1. The molecule has 26 heavy (non-hydrogen) atoms. The van der Waals surface area contributed by atoms with Gasteiger partial charge in [0.25, 0.3) is 0 Å². The van der Waals surface area contributed by atoms with E-state index in [1.54, 1.807) is 0 Å². The van der Waals surface area contributed by atoms with Gasteiger partial charge in [0.1, 0.15) is 0 Å². The Kier molecular flexibility index (Phi) is 2.64. The topological polar surface area (TPSA) is 20.7 Å². The van der Waals surface area contributed by atoms with Crippen molar-refractivity contribution >= 4 is 43.5 Å². The smallest absolute Gasteiger partial charge is 0.0560 e. The molecular formula is C24H16N2. The van der Waals surface area contributed by atoms with Crippen molar-refractivity contribution in [3.8, 4) is 5.69 Å². The molecule has 0 spiro atoms. The van der Waals surface area contributed by atoms with Crippen molar-refractivity contribution in [2.45, 2.75) is 0 Å². The first-order valence-corrected chi connectivity index (χ1v) is 8.89. The standard InChI is InChI=1S/C24H16N2/c1-2-7-17(8-3-1)26-15-14-21-22(26)13-12-20-19-11-10-16-6-4-5-9-18(16)23(19)25-24(20)21/h1-15,25H. The van der Waals surface area contributed by atoms with Crippen LogP contribution in [0.25, 0.3) is 49.2 Å². The molecule has 4 aromatic carbocycles. The van der Waals surface area contributed by atoms with Crippen molar-refractivity contribution in [3.63, 3.8) is 0 Å². The van der Waals surface area contributed by atoms with E-state index in [1.165, 1.54) is 49.2 Å². The summed E-state index contributed by atoms with van der Waals surface area (Å²) in [5, 5.41) is 6.37. The predicted octanol–water partition coefficient (Wildman–Crippen LogP) is 6.42. The van der Waals surface area contributed by atoms with Crippen LogP contribution >= 0.6 is 0 Å². The highest BCUT2D eigenvalue weighted by Crippen LogP contribution is 2.35. The molecule has 6 rings (SSSR count). The van der Waals surface area contributed by atoms with Gasteiger partial charge in [-0.25, -0.2) is 0 Å². The van der Waals surface area contributed by atoms with Gasteiger partial charge in [0, 0.05) is 33.4 Å². The minimum atomic E-state index is 1.18. The van der Waals surface area contributed by atoms with E-state index in [0.717, 1.165) is 0 Å². The van der Waals surface area contributed by atoms with E-state index >= 15 is 0 Å². The summed E-state index contributed by atoms with van der Waals surface area (Å²) in [6.45, 7) is 0. The maximum Gasteiger partial charge on any atom is 0.0560 e. The van der Waals surface area contributed by atoms with E-state index in [9.17, 15) is 0 Å². The monoisotopic (exact) mass is 332 g/mol. The van der Waals surface area contributed by atoms with Crippen LogP contribution in [0.1, 0.15) is 0 Å². The number of aromatic amines is 1. The fraction of sp³-hybridized carbons (Fsp3) is 0. The normalized spacial score (nSPS) is 11.8. The molecule has 0 saturated carbocycles. The Labute approximate surface area is 150 Å². The van der Waals surface area contributed by atoms with Crippen LogP contribution in [0, 0.1) is 0 Å². The second-order valence-electron chi connectivity index (χ2n) is 6.78. The number of rotatable bonds is 1. The average molecular weight is 332 g/mol. The van der Waals surface area contributed by atoms with Gasteiger partial charge in [-0.2, -0.15) is 0 Å². The second-order valence-corrected chi connectivity index (χ2v) is 6.78. The van der Waals surface area contributed by atoms with Gasteiger partial charge in [-0.15, -0.1) is 0 Å². The lowest BCUT2D eigenvalue weighted by molar-refractivity contribution is 1.13. The predicted molar refractivity (Wildman–Crippen MR) is 110 cm³/mol. The maximum atomic E-state index is 3.72. The molecule has 122 valence electrons. The van der Waals surface area contributed by atoms with Gasteiger partial charge in [0.2, 0.25) is 0 Å². The molecule has 0 aliphatic rings. The van der Waals surface area contributed by atoms with Crippen molar-refractivity contribution in [1.82, 2.24) is 9.55 Å². The number of nitrogens with one attached hydrogen (secondary N) is 1. The summed E-state index contributed by atoms with van der Waals surface area (Å²) >= 11 is 0. The fourth-order valence-electron chi connectivity index (χ4n) is 4.15. The number of fused-ring (bicyclic) bond motifs is 7. The van der Waals surface area contributed by atoms with Crippen LogP contribution < -0.4 is 0 Å². The molecule has 0 aliphatic carbocycles. The van der Waals surface area contributed by atoms with E-state index in [4.69, 9.17) is 0 Å². The number of benzene rings is 4. The number of nitrogens with zero attached hydrogens (tertiary/aromatic N) is 1. The molecule has 2 heterocycles. The van der Waals surface area contributed by atoms with E-state index < -0.39 is 0 Å². The lowest BCUT2D eigenvalue weighted by Gasteiger charge is -2.05. The minimum Gasteiger partial charge on any atom is -0.353 e. The molecule has 0 saturated heterocycles. The van der Waals surface area contributed by atoms with Gasteiger partial charge in [-0.3, -0.25) is 0 Å². The van der Waals surface area contributed by atoms with Gasteiger partial charge in [-0.1, -0.05) is 60.7 Å². The number of hydrogen-bond acceptors (Lipinski definition) is 0. The Morgan fingerprint density at radius 1 is 0.538 bits per heavy atom. The summed E-state index contributed by atoms with van der Waals surface area (Å²) < 4.78 is 2.25. The fourth-order valence-corrected chi connectivity index (χ4v) is 4.15. The molecular weight excluding hydrogens is 316 g/mol. The van der Waals surface area contributed by atoms with E-state index in [0.29, 0.717) is 0 Å². The largest absolute Gasteiger partial charge is 0.353 e. The lowest BCUT2D eigenvalue weighted by atomic mass is 10.1. The van der Waals surface area contributed by atoms with Crippen molar-refractivity contribution in [2.24, 2.45) is 0 Å². The highest BCUT2D eigenvalue weighted by molar-refractivity contribution is 6.22. The van der Waals surface area contributed by atoms with Crippen LogP contribution in [0.2, 0.25) is 0 Å². The van der Waals surface area contributed by atoms with E-state index in [2.05, 4.69) is 101 Å². The van der Waals surface area contributed by atoms with Gasteiger partial charge in [-0.05, 0) is 29.7 Å². The molecule has 0 bridgehead atoms. The molecule has 2 aromatic heterocycles. The molecule has 0 atom stereocenters. The van der Waals surface area contributed by atoms with Crippen molar-refractivity contribution in [2.75, 3.05) is 0 Å². The van der Waals surface area contributed by atoms with Crippen LogP contribution in [0.3, 0.4) is 0 Å². The van der Waals surface area contributed by atoms with Crippen LogP contribution in [-0.2, 0) is 0 Å². The van der Waals surface area contributed by atoms with Crippen LogP contribution in [0.4, 0.5) is 0 Å². The van der Waals surface area contributed by atoms with Gasteiger partial charge in [0.05, 0.1) is 16.6 Å². The van der Waals surface area contributed by atoms with Crippen molar-refractivity contribution in [3.05, 3.63) is 91.1 Å². The third kappa shape index (κ3) is 1.76. The Morgan fingerprint density at radius 2 is 1.27 bits per heavy atom. The Bertz CT molecular complexity index is 1420. The summed E-state index contributed by atoms with van der Waals surface area (Å²) in [7, 11) is 0. The number of para-hydroxylation sites is 1. The Hall–Kier alpha value is -3.52.